The number of rotatable bonds is 1. The number of fused-ring (bicyclic) bond motifs is 1. The molecule has 0 aromatic carbocycles. The van der Waals surface area contributed by atoms with E-state index in [1.165, 1.54) is 0 Å². The summed E-state index contributed by atoms with van der Waals surface area (Å²) in [6, 6.07) is -0.138. The summed E-state index contributed by atoms with van der Waals surface area (Å²) >= 11 is 0. The van der Waals surface area contributed by atoms with Crippen LogP contribution in [0.15, 0.2) is 0 Å². The molecule has 2 heterocycles. The van der Waals surface area contributed by atoms with Crippen molar-refractivity contribution in [3.8, 4) is 0 Å². The number of carbonyl (C=O) groups is 2. The van der Waals surface area contributed by atoms with E-state index < -0.39 is 0 Å². The zero-order valence-corrected chi connectivity index (χ0v) is 7.82. The number of amides is 2. The van der Waals surface area contributed by atoms with Gasteiger partial charge in [0.1, 0.15) is 6.04 Å². The van der Waals surface area contributed by atoms with Crippen LogP contribution in [0.4, 0.5) is 0 Å². The van der Waals surface area contributed by atoms with Crippen molar-refractivity contribution < 1.29 is 9.59 Å². The van der Waals surface area contributed by atoms with E-state index in [1.54, 1.807) is 9.80 Å². The molecule has 72 valence electrons. The molecular weight excluding hydrogens is 168 g/mol. The maximum absolute atomic E-state index is 11.7. The van der Waals surface area contributed by atoms with Crippen molar-refractivity contribution in [2.24, 2.45) is 0 Å². The normalized spacial score (nSPS) is 28.2. The second-order valence-corrected chi connectivity index (χ2v) is 3.60. The standard InChI is InChI=1S/C9H14N2O2/c1-2-10-6-8(12)11-5-3-4-7(11)9(10)13/h7H,2-6H2,1H3. The quantitative estimate of drug-likeness (QED) is 0.565. The predicted octanol–water partition coefficient (Wildman–Crippen LogP) is -0.161. The van der Waals surface area contributed by atoms with Gasteiger partial charge in [0.05, 0.1) is 6.54 Å². The third kappa shape index (κ3) is 1.20. The second-order valence-electron chi connectivity index (χ2n) is 3.60. The van der Waals surface area contributed by atoms with Crippen LogP contribution in [-0.4, -0.2) is 47.3 Å². The average Bonchev–Trinajstić information content (AvgIpc) is 2.60. The van der Waals surface area contributed by atoms with E-state index in [0.717, 1.165) is 19.4 Å². The molecule has 0 saturated carbocycles. The number of likely N-dealkylation sites (N-methyl/N-ethyl adjacent to an activating group) is 1. The largest absolute Gasteiger partial charge is 0.332 e. The van der Waals surface area contributed by atoms with Gasteiger partial charge in [0.25, 0.3) is 0 Å². The van der Waals surface area contributed by atoms with Crippen molar-refractivity contribution in [3.05, 3.63) is 0 Å². The van der Waals surface area contributed by atoms with Gasteiger partial charge in [-0.3, -0.25) is 9.59 Å². The molecule has 1 atom stereocenters. The summed E-state index contributed by atoms with van der Waals surface area (Å²) in [5.74, 6) is 0.253. The molecule has 4 heteroatoms. The van der Waals surface area contributed by atoms with Crippen LogP contribution in [0.5, 0.6) is 0 Å². The van der Waals surface area contributed by atoms with E-state index in [0.29, 0.717) is 6.54 Å². The van der Waals surface area contributed by atoms with Crippen LogP contribution in [0.2, 0.25) is 0 Å². The van der Waals surface area contributed by atoms with Crippen LogP contribution in [0, 0.1) is 0 Å². The summed E-state index contributed by atoms with van der Waals surface area (Å²) in [5.41, 5.74) is 0. The minimum Gasteiger partial charge on any atom is -0.332 e. The first-order valence-electron chi connectivity index (χ1n) is 4.82. The summed E-state index contributed by atoms with van der Waals surface area (Å²) < 4.78 is 0. The third-order valence-electron chi connectivity index (χ3n) is 2.88. The first-order chi connectivity index (χ1) is 6.24. The molecule has 0 N–H and O–H groups in total. The molecule has 0 aliphatic carbocycles. The van der Waals surface area contributed by atoms with Crippen molar-refractivity contribution in [1.82, 2.24) is 9.80 Å². The van der Waals surface area contributed by atoms with Crippen LogP contribution >= 0.6 is 0 Å². The maximum atomic E-state index is 11.7. The van der Waals surface area contributed by atoms with E-state index in [9.17, 15) is 9.59 Å². The Morgan fingerprint density at radius 2 is 2.23 bits per heavy atom. The van der Waals surface area contributed by atoms with Gasteiger partial charge < -0.3 is 9.80 Å². The van der Waals surface area contributed by atoms with Gasteiger partial charge in [-0.2, -0.15) is 0 Å². The van der Waals surface area contributed by atoms with Gasteiger partial charge >= 0.3 is 0 Å². The fourth-order valence-electron chi connectivity index (χ4n) is 2.13. The first kappa shape index (κ1) is 8.53. The Morgan fingerprint density at radius 1 is 1.46 bits per heavy atom. The predicted molar refractivity (Wildman–Crippen MR) is 47.0 cm³/mol. The monoisotopic (exact) mass is 182 g/mol. The topological polar surface area (TPSA) is 40.6 Å². The zero-order chi connectivity index (χ0) is 9.42. The van der Waals surface area contributed by atoms with Crippen molar-refractivity contribution >= 4 is 11.8 Å². The van der Waals surface area contributed by atoms with Gasteiger partial charge in [0.2, 0.25) is 11.8 Å². The number of carbonyl (C=O) groups excluding carboxylic acids is 2. The van der Waals surface area contributed by atoms with Gasteiger partial charge in [0, 0.05) is 13.1 Å². The summed E-state index contributed by atoms with van der Waals surface area (Å²) in [4.78, 5) is 26.6. The molecule has 0 spiro atoms. The van der Waals surface area contributed by atoms with Crippen LogP contribution in [0.3, 0.4) is 0 Å². The van der Waals surface area contributed by atoms with Crippen LogP contribution in [0.25, 0.3) is 0 Å². The van der Waals surface area contributed by atoms with Crippen LogP contribution in [0.1, 0.15) is 19.8 Å². The van der Waals surface area contributed by atoms with E-state index >= 15 is 0 Å². The van der Waals surface area contributed by atoms with Crippen molar-refractivity contribution in [1.29, 1.82) is 0 Å². The Morgan fingerprint density at radius 3 is 2.92 bits per heavy atom. The lowest BCUT2D eigenvalue weighted by Gasteiger charge is -2.35. The van der Waals surface area contributed by atoms with E-state index in [4.69, 9.17) is 0 Å². The fourth-order valence-corrected chi connectivity index (χ4v) is 2.13. The summed E-state index contributed by atoms with van der Waals surface area (Å²) in [7, 11) is 0. The molecule has 2 aliphatic heterocycles. The number of hydrogen-bond donors (Lipinski definition) is 0. The summed E-state index contributed by atoms with van der Waals surface area (Å²) in [6.07, 6.45) is 1.82. The lowest BCUT2D eigenvalue weighted by molar-refractivity contribution is -0.153. The second kappa shape index (κ2) is 3.01. The maximum Gasteiger partial charge on any atom is 0.245 e. The molecule has 2 aliphatic rings. The highest BCUT2D eigenvalue weighted by molar-refractivity contribution is 5.95. The fraction of sp³-hybridized carbons (Fsp3) is 0.778. The van der Waals surface area contributed by atoms with Gasteiger partial charge in [-0.15, -0.1) is 0 Å². The summed E-state index contributed by atoms with van der Waals surface area (Å²) in [5, 5.41) is 0. The van der Waals surface area contributed by atoms with Crippen molar-refractivity contribution in [2.75, 3.05) is 19.6 Å². The van der Waals surface area contributed by atoms with Gasteiger partial charge in [0.15, 0.2) is 0 Å². The first-order valence-corrected chi connectivity index (χ1v) is 4.82. The molecule has 13 heavy (non-hydrogen) atoms. The Balaban J connectivity index is 2.19. The van der Waals surface area contributed by atoms with Crippen molar-refractivity contribution in [3.63, 3.8) is 0 Å². The highest BCUT2D eigenvalue weighted by atomic mass is 16.2. The molecule has 2 saturated heterocycles. The lowest BCUT2D eigenvalue weighted by atomic mass is 10.1. The third-order valence-corrected chi connectivity index (χ3v) is 2.88. The number of piperazine rings is 1. The Kier molecular flexibility index (Phi) is 1.98. The highest BCUT2D eigenvalue weighted by Gasteiger charge is 2.41. The zero-order valence-electron chi connectivity index (χ0n) is 7.82. The molecule has 4 nitrogen and oxygen atoms in total. The number of hydrogen-bond acceptors (Lipinski definition) is 2. The lowest BCUT2D eigenvalue weighted by Crippen LogP contribution is -2.57. The van der Waals surface area contributed by atoms with Crippen LogP contribution in [-0.2, 0) is 9.59 Å². The van der Waals surface area contributed by atoms with Gasteiger partial charge in [-0.05, 0) is 19.8 Å². The van der Waals surface area contributed by atoms with E-state index in [-0.39, 0.29) is 24.4 Å². The van der Waals surface area contributed by atoms with Gasteiger partial charge in [-0.25, -0.2) is 0 Å². The average molecular weight is 182 g/mol. The molecule has 1 unspecified atom stereocenters. The molecule has 2 fully saturated rings. The van der Waals surface area contributed by atoms with E-state index in [1.807, 2.05) is 6.92 Å². The Bertz CT molecular complexity index is 252. The molecule has 0 aromatic rings. The molecule has 0 bridgehead atoms. The minimum atomic E-state index is -0.138. The molecule has 2 amide bonds. The minimum absolute atomic E-state index is 0.115. The Hall–Kier alpha value is -1.06. The van der Waals surface area contributed by atoms with E-state index in [2.05, 4.69) is 0 Å². The van der Waals surface area contributed by atoms with Crippen molar-refractivity contribution in [2.45, 2.75) is 25.8 Å². The van der Waals surface area contributed by atoms with Crippen LogP contribution < -0.4 is 0 Å². The van der Waals surface area contributed by atoms with Gasteiger partial charge in [-0.1, -0.05) is 0 Å². The molecule has 2 rings (SSSR count). The Labute approximate surface area is 77.5 Å². The SMILES string of the molecule is CCN1CC(=O)N2CCCC2C1=O. The summed E-state index contributed by atoms with van der Waals surface area (Å²) in [6.45, 7) is 3.61. The number of nitrogens with zero attached hydrogens (tertiary/aromatic N) is 2. The smallest absolute Gasteiger partial charge is 0.245 e. The molecular formula is C9H14N2O2. The highest BCUT2D eigenvalue weighted by Crippen LogP contribution is 2.23. The molecule has 0 aromatic heterocycles. The molecule has 0 radical (unpaired) electrons.